The second kappa shape index (κ2) is 4.37. The summed E-state index contributed by atoms with van der Waals surface area (Å²) in [5.74, 6) is -0.120. The molecule has 0 fully saturated rings. The van der Waals surface area contributed by atoms with Crippen LogP contribution in [0.4, 0.5) is 5.69 Å². The van der Waals surface area contributed by atoms with Crippen LogP contribution in [0.2, 0.25) is 0 Å². The molecule has 2 aromatic rings. The van der Waals surface area contributed by atoms with E-state index in [1.807, 2.05) is 29.6 Å². The van der Waals surface area contributed by atoms with Crippen LogP contribution in [-0.2, 0) is 0 Å². The van der Waals surface area contributed by atoms with Crippen LogP contribution in [0.5, 0.6) is 0 Å². The summed E-state index contributed by atoms with van der Waals surface area (Å²) in [7, 11) is 1.61. The van der Waals surface area contributed by atoms with Crippen molar-refractivity contribution in [3.05, 3.63) is 41.3 Å². The number of carbonyl (C=O) groups is 1. The van der Waals surface area contributed by atoms with Crippen LogP contribution in [-0.4, -0.2) is 13.0 Å². The lowest BCUT2D eigenvalue weighted by molar-refractivity contribution is 0.0963. The summed E-state index contributed by atoms with van der Waals surface area (Å²) >= 11 is 1.63. The van der Waals surface area contributed by atoms with Crippen molar-refractivity contribution in [3.63, 3.8) is 0 Å². The summed E-state index contributed by atoms with van der Waals surface area (Å²) in [6.45, 7) is 0. The van der Waals surface area contributed by atoms with Crippen molar-refractivity contribution >= 4 is 22.9 Å². The quantitative estimate of drug-likeness (QED) is 0.781. The first-order valence-corrected chi connectivity index (χ1v) is 5.75. The lowest BCUT2D eigenvalue weighted by Crippen LogP contribution is -2.17. The minimum Gasteiger partial charge on any atom is -0.399 e. The molecule has 0 unspecified atom stereocenters. The SMILES string of the molecule is CNC(=O)c1cc(N)cc(-c2cccs2)c1. The van der Waals surface area contributed by atoms with E-state index in [1.165, 1.54) is 0 Å². The molecular weight excluding hydrogens is 220 g/mol. The lowest BCUT2D eigenvalue weighted by atomic mass is 10.1. The number of anilines is 1. The maximum absolute atomic E-state index is 11.5. The number of benzene rings is 1. The van der Waals surface area contributed by atoms with Crippen LogP contribution in [0.3, 0.4) is 0 Å². The van der Waals surface area contributed by atoms with Crippen molar-refractivity contribution in [2.75, 3.05) is 12.8 Å². The van der Waals surface area contributed by atoms with Crippen LogP contribution in [0.25, 0.3) is 10.4 Å². The van der Waals surface area contributed by atoms with E-state index in [-0.39, 0.29) is 5.91 Å². The molecule has 1 aromatic carbocycles. The minimum atomic E-state index is -0.120. The standard InChI is InChI=1S/C12H12N2OS/c1-14-12(15)9-5-8(6-10(13)7-9)11-3-2-4-16-11/h2-7H,13H2,1H3,(H,14,15). The van der Waals surface area contributed by atoms with Gasteiger partial charge < -0.3 is 11.1 Å². The van der Waals surface area contributed by atoms with E-state index in [4.69, 9.17) is 5.73 Å². The topological polar surface area (TPSA) is 55.1 Å². The van der Waals surface area contributed by atoms with Gasteiger partial charge in [0.2, 0.25) is 0 Å². The van der Waals surface area contributed by atoms with E-state index in [2.05, 4.69) is 5.32 Å². The highest BCUT2D eigenvalue weighted by molar-refractivity contribution is 7.13. The summed E-state index contributed by atoms with van der Waals surface area (Å²) in [6, 6.07) is 9.38. The van der Waals surface area contributed by atoms with E-state index >= 15 is 0 Å². The van der Waals surface area contributed by atoms with E-state index in [0.717, 1.165) is 10.4 Å². The van der Waals surface area contributed by atoms with Crippen molar-refractivity contribution in [1.82, 2.24) is 5.32 Å². The molecule has 3 nitrogen and oxygen atoms in total. The molecule has 1 aromatic heterocycles. The highest BCUT2D eigenvalue weighted by Gasteiger charge is 2.07. The fourth-order valence-electron chi connectivity index (χ4n) is 1.51. The Hall–Kier alpha value is -1.81. The van der Waals surface area contributed by atoms with E-state index in [0.29, 0.717) is 11.3 Å². The Morgan fingerprint density at radius 1 is 1.38 bits per heavy atom. The van der Waals surface area contributed by atoms with Gasteiger partial charge in [-0.3, -0.25) is 4.79 Å². The maximum Gasteiger partial charge on any atom is 0.251 e. The number of nitrogens with two attached hydrogens (primary N) is 1. The van der Waals surface area contributed by atoms with E-state index in [9.17, 15) is 4.79 Å². The zero-order valence-electron chi connectivity index (χ0n) is 8.86. The first kappa shape index (κ1) is 10.7. The number of hydrogen-bond acceptors (Lipinski definition) is 3. The largest absolute Gasteiger partial charge is 0.399 e. The van der Waals surface area contributed by atoms with Gasteiger partial charge >= 0.3 is 0 Å². The minimum absolute atomic E-state index is 0.120. The van der Waals surface area contributed by atoms with Crippen molar-refractivity contribution in [3.8, 4) is 10.4 Å². The average Bonchev–Trinajstić information content (AvgIpc) is 2.80. The number of thiophene rings is 1. The first-order valence-electron chi connectivity index (χ1n) is 4.87. The molecular formula is C12H12N2OS. The average molecular weight is 232 g/mol. The van der Waals surface area contributed by atoms with Gasteiger partial charge in [0.1, 0.15) is 0 Å². The summed E-state index contributed by atoms with van der Waals surface area (Å²) in [6.07, 6.45) is 0. The summed E-state index contributed by atoms with van der Waals surface area (Å²) in [4.78, 5) is 12.6. The third-order valence-corrected chi connectivity index (χ3v) is 3.17. The monoisotopic (exact) mass is 232 g/mol. The van der Waals surface area contributed by atoms with Crippen molar-refractivity contribution in [2.24, 2.45) is 0 Å². The Kier molecular flexibility index (Phi) is 2.92. The van der Waals surface area contributed by atoms with Crippen LogP contribution >= 0.6 is 11.3 Å². The van der Waals surface area contributed by atoms with Crippen LogP contribution in [0, 0.1) is 0 Å². The second-order valence-corrected chi connectivity index (χ2v) is 4.35. The number of amides is 1. The highest BCUT2D eigenvalue weighted by atomic mass is 32.1. The normalized spacial score (nSPS) is 10.1. The van der Waals surface area contributed by atoms with E-state index in [1.54, 1.807) is 24.5 Å². The number of carbonyl (C=O) groups excluding carboxylic acids is 1. The van der Waals surface area contributed by atoms with Gasteiger partial charge in [-0.15, -0.1) is 11.3 Å². The van der Waals surface area contributed by atoms with Gasteiger partial charge in [-0.1, -0.05) is 6.07 Å². The molecule has 0 bridgehead atoms. The Morgan fingerprint density at radius 3 is 2.81 bits per heavy atom. The second-order valence-electron chi connectivity index (χ2n) is 3.40. The first-order chi connectivity index (χ1) is 7.70. The molecule has 82 valence electrons. The van der Waals surface area contributed by atoms with Gasteiger partial charge in [-0.25, -0.2) is 0 Å². The molecule has 0 aliphatic heterocycles. The van der Waals surface area contributed by atoms with Crippen molar-refractivity contribution in [1.29, 1.82) is 0 Å². The number of rotatable bonds is 2. The van der Waals surface area contributed by atoms with Gasteiger partial charge in [0, 0.05) is 23.2 Å². The lowest BCUT2D eigenvalue weighted by Gasteiger charge is -2.05. The molecule has 0 spiro atoms. The van der Waals surface area contributed by atoms with Gasteiger partial charge in [0.15, 0.2) is 0 Å². The number of nitrogens with one attached hydrogen (secondary N) is 1. The third-order valence-electron chi connectivity index (χ3n) is 2.25. The van der Waals surface area contributed by atoms with Gasteiger partial charge in [-0.05, 0) is 35.2 Å². The molecule has 2 rings (SSSR count). The summed E-state index contributed by atoms with van der Waals surface area (Å²) in [5.41, 5.74) is 7.95. The molecule has 3 N–H and O–H groups in total. The number of hydrogen-bond donors (Lipinski definition) is 2. The Balaban J connectivity index is 2.48. The summed E-state index contributed by atoms with van der Waals surface area (Å²) in [5, 5.41) is 4.59. The zero-order valence-corrected chi connectivity index (χ0v) is 9.67. The zero-order chi connectivity index (χ0) is 11.5. The molecule has 0 saturated carbocycles. The molecule has 1 amide bonds. The molecule has 0 radical (unpaired) electrons. The van der Waals surface area contributed by atoms with Crippen molar-refractivity contribution in [2.45, 2.75) is 0 Å². The third kappa shape index (κ3) is 2.06. The van der Waals surface area contributed by atoms with Crippen LogP contribution in [0.15, 0.2) is 35.7 Å². The Bertz CT molecular complexity index is 506. The smallest absolute Gasteiger partial charge is 0.251 e. The molecule has 1 heterocycles. The molecule has 4 heteroatoms. The van der Waals surface area contributed by atoms with Crippen LogP contribution in [0.1, 0.15) is 10.4 Å². The van der Waals surface area contributed by atoms with Gasteiger partial charge in [0.05, 0.1) is 0 Å². The Labute approximate surface area is 97.9 Å². The summed E-state index contributed by atoms with van der Waals surface area (Å²) < 4.78 is 0. The Morgan fingerprint density at radius 2 is 2.19 bits per heavy atom. The highest BCUT2D eigenvalue weighted by Crippen LogP contribution is 2.27. The molecule has 0 atom stereocenters. The fraction of sp³-hybridized carbons (Fsp3) is 0.0833. The molecule has 0 aliphatic rings. The van der Waals surface area contributed by atoms with Gasteiger partial charge in [-0.2, -0.15) is 0 Å². The van der Waals surface area contributed by atoms with Gasteiger partial charge in [0.25, 0.3) is 5.91 Å². The van der Waals surface area contributed by atoms with Crippen molar-refractivity contribution < 1.29 is 4.79 Å². The van der Waals surface area contributed by atoms with Crippen LogP contribution < -0.4 is 11.1 Å². The molecule has 16 heavy (non-hydrogen) atoms. The van der Waals surface area contributed by atoms with E-state index < -0.39 is 0 Å². The molecule has 0 saturated heterocycles. The maximum atomic E-state index is 11.5. The fourth-order valence-corrected chi connectivity index (χ4v) is 2.23. The predicted octanol–water partition coefficient (Wildman–Crippen LogP) is 2.36. The molecule has 0 aliphatic carbocycles. The number of nitrogen functional groups attached to an aromatic ring is 1. The predicted molar refractivity (Wildman–Crippen MR) is 67.6 cm³/mol.